The summed E-state index contributed by atoms with van der Waals surface area (Å²) in [5.74, 6) is -3.25. The number of carbonyl (C=O) groups excluding carboxylic acids is 1. The molecular weight excluding hydrogens is 323 g/mol. The van der Waals surface area contributed by atoms with Crippen LogP contribution >= 0.6 is 0 Å². The van der Waals surface area contributed by atoms with Crippen molar-refractivity contribution in [1.29, 1.82) is 0 Å². The molecule has 0 saturated carbocycles. The number of likely N-dealkylation sites (tertiary alicyclic amines) is 1. The van der Waals surface area contributed by atoms with Gasteiger partial charge in [-0.2, -0.15) is 13.2 Å². The molecule has 9 heteroatoms. The first-order valence-electron chi connectivity index (χ1n) is 7.54. The number of alkyl halides is 3. The SMILES string of the molecule is Cc1[nH]c2ncnc(NC(=O)[C@@H]3CN(C)C[C@H]3C(F)(F)F)c2c1C. The highest BCUT2D eigenvalue weighted by atomic mass is 19.4. The highest BCUT2D eigenvalue weighted by Crippen LogP contribution is 2.37. The molecule has 0 bridgehead atoms. The Bertz CT molecular complexity index is 785. The number of halogens is 3. The zero-order valence-electron chi connectivity index (χ0n) is 13.5. The number of nitrogens with one attached hydrogen (secondary N) is 2. The molecule has 0 unspecified atom stereocenters. The van der Waals surface area contributed by atoms with E-state index in [1.165, 1.54) is 11.2 Å². The van der Waals surface area contributed by atoms with Crippen LogP contribution in [0.3, 0.4) is 0 Å². The van der Waals surface area contributed by atoms with E-state index < -0.39 is 23.9 Å². The van der Waals surface area contributed by atoms with Crippen LogP contribution in [0.5, 0.6) is 0 Å². The summed E-state index contributed by atoms with van der Waals surface area (Å²) < 4.78 is 39.5. The van der Waals surface area contributed by atoms with Crippen molar-refractivity contribution in [3.05, 3.63) is 17.6 Å². The van der Waals surface area contributed by atoms with E-state index in [1.807, 2.05) is 13.8 Å². The van der Waals surface area contributed by atoms with Gasteiger partial charge in [-0.3, -0.25) is 4.79 Å². The normalized spacial score (nSPS) is 22.2. The van der Waals surface area contributed by atoms with Crippen LogP contribution in [0.4, 0.5) is 19.0 Å². The molecule has 2 aromatic rings. The van der Waals surface area contributed by atoms with Gasteiger partial charge in [-0.05, 0) is 26.5 Å². The van der Waals surface area contributed by atoms with Crippen molar-refractivity contribution in [3.63, 3.8) is 0 Å². The van der Waals surface area contributed by atoms with E-state index in [0.29, 0.717) is 11.0 Å². The molecule has 2 aromatic heterocycles. The van der Waals surface area contributed by atoms with Gasteiger partial charge < -0.3 is 15.2 Å². The van der Waals surface area contributed by atoms with Gasteiger partial charge in [-0.1, -0.05) is 0 Å². The second kappa shape index (κ2) is 5.73. The van der Waals surface area contributed by atoms with Crippen LogP contribution in [-0.2, 0) is 4.79 Å². The second-order valence-electron chi connectivity index (χ2n) is 6.29. The lowest BCUT2D eigenvalue weighted by Crippen LogP contribution is -2.36. The van der Waals surface area contributed by atoms with Gasteiger partial charge in [0.2, 0.25) is 5.91 Å². The number of nitrogens with zero attached hydrogens (tertiary/aromatic N) is 3. The quantitative estimate of drug-likeness (QED) is 0.879. The molecule has 130 valence electrons. The van der Waals surface area contributed by atoms with E-state index in [2.05, 4.69) is 20.3 Å². The Morgan fingerprint density at radius 2 is 2.04 bits per heavy atom. The highest BCUT2D eigenvalue weighted by Gasteiger charge is 2.51. The maximum absolute atomic E-state index is 13.2. The van der Waals surface area contributed by atoms with Gasteiger partial charge in [0.15, 0.2) is 0 Å². The van der Waals surface area contributed by atoms with E-state index in [1.54, 1.807) is 7.05 Å². The minimum absolute atomic E-state index is 0.0649. The molecule has 1 aliphatic heterocycles. The number of carbonyl (C=O) groups is 1. The average Bonchev–Trinajstić information content (AvgIpc) is 3.01. The molecule has 1 aliphatic rings. The number of aromatic amines is 1. The van der Waals surface area contributed by atoms with Crippen molar-refractivity contribution in [2.75, 3.05) is 25.5 Å². The molecule has 1 fully saturated rings. The van der Waals surface area contributed by atoms with Crippen molar-refractivity contribution in [2.24, 2.45) is 11.8 Å². The van der Waals surface area contributed by atoms with Crippen molar-refractivity contribution in [2.45, 2.75) is 20.0 Å². The zero-order valence-corrected chi connectivity index (χ0v) is 13.5. The van der Waals surface area contributed by atoms with Gasteiger partial charge in [0, 0.05) is 18.8 Å². The van der Waals surface area contributed by atoms with Crippen LogP contribution in [0.15, 0.2) is 6.33 Å². The average molecular weight is 341 g/mol. The number of H-pyrrole nitrogens is 1. The summed E-state index contributed by atoms with van der Waals surface area (Å²) in [6.07, 6.45) is -3.14. The Morgan fingerprint density at radius 3 is 2.71 bits per heavy atom. The third-order valence-electron chi connectivity index (χ3n) is 4.59. The third-order valence-corrected chi connectivity index (χ3v) is 4.59. The van der Waals surface area contributed by atoms with Crippen LogP contribution < -0.4 is 5.32 Å². The standard InChI is InChI=1S/C15H18F3N5O/c1-7-8(2)21-12-11(7)13(20-6-19-12)22-14(24)9-4-23(3)5-10(9)15(16,17)18/h6,9-10H,4-5H2,1-3H3,(H2,19,20,21,22,24)/t9-,10-/m1/s1. The maximum atomic E-state index is 13.2. The molecule has 3 rings (SSSR count). The number of hydrogen-bond donors (Lipinski definition) is 2. The lowest BCUT2D eigenvalue weighted by molar-refractivity contribution is -0.182. The number of amides is 1. The van der Waals surface area contributed by atoms with Gasteiger partial charge in [0.25, 0.3) is 0 Å². The Morgan fingerprint density at radius 1 is 1.33 bits per heavy atom. The number of aromatic nitrogens is 3. The van der Waals surface area contributed by atoms with Gasteiger partial charge in [0.1, 0.15) is 17.8 Å². The van der Waals surface area contributed by atoms with Crippen molar-refractivity contribution < 1.29 is 18.0 Å². The molecule has 2 N–H and O–H groups in total. The summed E-state index contributed by atoms with van der Waals surface area (Å²) in [4.78, 5) is 25.2. The Hall–Kier alpha value is -2.16. The highest BCUT2D eigenvalue weighted by molar-refractivity contribution is 6.01. The molecule has 24 heavy (non-hydrogen) atoms. The van der Waals surface area contributed by atoms with E-state index in [4.69, 9.17) is 0 Å². The zero-order chi connectivity index (χ0) is 17.6. The molecule has 3 heterocycles. The Kier molecular flexibility index (Phi) is 3.98. The predicted octanol–water partition coefficient (Wildman–Crippen LogP) is 2.25. The Labute approximate surface area is 136 Å². The number of anilines is 1. The van der Waals surface area contributed by atoms with E-state index in [9.17, 15) is 18.0 Å². The van der Waals surface area contributed by atoms with Gasteiger partial charge >= 0.3 is 6.18 Å². The fourth-order valence-corrected chi connectivity index (χ4v) is 3.20. The number of hydrogen-bond acceptors (Lipinski definition) is 4. The second-order valence-corrected chi connectivity index (χ2v) is 6.29. The first-order valence-corrected chi connectivity index (χ1v) is 7.54. The van der Waals surface area contributed by atoms with Crippen molar-refractivity contribution in [3.8, 4) is 0 Å². The van der Waals surface area contributed by atoms with Gasteiger partial charge in [0.05, 0.1) is 17.2 Å². The first-order chi connectivity index (χ1) is 11.2. The first kappa shape index (κ1) is 16.7. The molecule has 0 spiro atoms. The summed E-state index contributed by atoms with van der Waals surface area (Å²) >= 11 is 0. The summed E-state index contributed by atoms with van der Waals surface area (Å²) in [5.41, 5.74) is 2.28. The van der Waals surface area contributed by atoms with E-state index >= 15 is 0 Å². The largest absolute Gasteiger partial charge is 0.393 e. The van der Waals surface area contributed by atoms with Gasteiger partial charge in [-0.15, -0.1) is 0 Å². The van der Waals surface area contributed by atoms with Crippen LogP contribution in [0.1, 0.15) is 11.3 Å². The smallest absolute Gasteiger partial charge is 0.343 e. The molecule has 0 aliphatic carbocycles. The van der Waals surface area contributed by atoms with Gasteiger partial charge in [-0.25, -0.2) is 9.97 Å². The number of fused-ring (bicyclic) bond motifs is 1. The van der Waals surface area contributed by atoms with Crippen LogP contribution in [0.25, 0.3) is 11.0 Å². The monoisotopic (exact) mass is 341 g/mol. The molecule has 6 nitrogen and oxygen atoms in total. The minimum Gasteiger partial charge on any atom is -0.343 e. The summed E-state index contributed by atoms with van der Waals surface area (Å²) in [5, 5.41) is 3.19. The van der Waals surface area contributed by atoms with E-state index in [-0.39, 0.29) is 18.9 Å². The predicted molar refractivity (Wildman–Crippen MR) is 82.5 cm³/mol. The third kappa shape index (κ3) is 2.83. The molecule has 2 atom stereocenters. The van der Waals surface area contributed by atoms with Crippen LogP contribution in [0, 0.1) is 25.7 Å². The minimum atomic E-state index is -4.41. The maximum Gasteiger partial charge on any atom is 0.393 e. The summed E-state index contributed by atoms with van der Waals surface area (Å²) in [6.45, 7) is 3.59. The van der Waals surface area contributed by atoms with Crippen LogP contribution in [0.2, 0.25) is 0 Å². The lowest BCUT2D eigenvalue weighted by atomic mass is 9.94. The lowest BCUT2D eigenvalue weighted by Gasteiger charge is -2.20. The van der Waals surface area contributed by atoms with Crippen LogP contribution in [-0.4, -0.2) is 52.1 Å². The summed E-state index contributed by atoms with van der Waals surface area (Å²) in [6, 6.07) is 0. The van der Waals surface area contributed by atoms with E-state index in [0.717, 1.165) is 11.3 Å². The summed E-state index contributed by atoms with van der Waals surface area (Å²) in [7, 11) is 1.58. The molecule has 1 amide bonds. The van der Waals surface area contributed by atoms with Crippen molar-refractivity contribution >= 4 is 22.8 Å². The molecular formula is C15H18F3N5O. The molecule has 0 aromatic carbocycles. The molecule has 0 radical (unpaired) electrons. The number of aryl methyl sites for hydroxylation is 2. The topological polar surface area (TPSA) is 73.9 Å². The molecule has 1 saturated heterocycles. The fourth-order valence-electron chi connectivity index (χ4n) is 3.20. The fraction of sp³-hybridized carbons (Fsp3) is 0.533. The number of rotatable bonds is 2. The van der Waals surface area contributed by atoms with Crippen molar-refractivity contribution in [1.82, 2.24) is 19.9 Å². The Balaban J connectivity index is 1.90.